The van der Waals surface area contributed by atoms with Crippen molar-refractivity contribution >= 4 is 38.8 Å². The highest BCUT2D eigenvalue weighted by atomic mass is 35.5. The van der Waals surface area contributed by atoms with Crippen molar-refractivity contribution in [3.05, 3.63) is 29.3 Å². The lowest BCUT2D eigenvalue weighted by atomic mass is 9.96. The Balaban J connectivity index is 1.45. The molecule has 2 N–H and O–H groups in total. The van der Waals surface area contributed by atoms with Crippen LogP contribution in [-0.4, -0.2) is 31.9 Å². The summed E-state index contributed by atoms with van der Waals surface area (Å²) in [5.41, 5.74) is 0. The normalized spacial score (nSPS) is 26.2. The molecule has 126 valence electrons. The minimum Gasteiger partial charge on any atom is -0.362 e. The van der Waals surface area contributed by atoms with Crippen LogP contribution in [0.5, 0.6) is 0 Å². The van der Waals surface area contributed by atoms with Gasteiger partial charge in [0.15, 0.2) is 14.9 Å². The standard InChI is InChI=1S/C16H21ClN2O2S2/c17-13-3-5-14(6-4-13)23(20,21)8-7-18-16(22)19-15-10-11-1-2-12(15)9-11/h3-6,11-12,15H,1-2,7-10H2,(H2,18,19,22)/t11-,12-,15-/m0/s1. The van der Waals surface area contributed by atoms with Gasteiger partial charge in [-0.05, 0) is 67.6 Å². The van der Waals surface area contributed by atoms with E-state index < -0.39 is 9.84 Å². The van der Waals surface area contributed by atoms with Crippen molar-refractivity contribution in [1.82, 2.24) is 10.6 Å². The number of thiocarbonyl (C=S) groups is 1. The maximum absolute atomic E-state index is 12.2. The fraction of sp³-hybridized carbons (Fsp3) is 0.562. The second-order valence-corrected chi connectivity index (χ2v) is 9.41. The van der Waals surface area contributed by atoms with E-state index in [9.17, 15) is 8.42 Å². The minimum absolute atomic E-state index is 0.00712. The van der Waals surface area contributed by atoms with E-state index in [1.807, 2.05) is 0 Å². The second-order valence-electron chi connectivity index (χ2n) is 6.45. The minimum atomic E-state index is -3.32. The van der Waals surface area contributed by atoms with Gasteiger partial charge in [0.1, 0.15) is 0 Å². The van der Waals surface area contributed by atoms with E-state index in [0.717, 1.165) is 11.8 Å². The van der Waals surface area contributed by atoms with Crippen LogP contribution in [0.1, 0.15) is 25.7 Å². The summed E-state index contributed by atoms with van der Waals surface area (Å²) >= 11 is 11.1. The lowest BCUT2D eigenvalue weighted by Gasteiger charge is -2.24. The zero-order valence-corrected chi connectivity index (χ0v) is 15.2. The van der Waals surface area contributed by atoms with E-state index in [2.05, 4.69) is 10.6 Å². The van der Waals surface area contributed by atoms with Crippen LogP contribution in [0.4, 0.5) is 0 Å². The lowest BCUT2D eigenvalue weighted by Crippen LogP contribution is -2.45. The lowest BCUT2D eigenvalue weighted by molar-refractivity contribution is 0.389. The van der Waals surface area contributed by atoms with Crippen LogP contribution in [0, 0.1) is 11.8 Å². The highest BCUT2D eigenvalue weighted by Gasteiger charge is 2.39. The van der Waals surface area contributed by atoms with E-state index in [1.165, 1.54) is 37.8 Å². The summed E-state index contributed by atoms with van der Waals surface area (Å²) in [4.78, 5) is 0.288. The molecule has 0 amide bonds. The molecular formula is C16H21ClN2O2S2. The first-order chi connectivity index (χ1) is 10.9. The molecule has 7 heteroatoms. The molecule has 4 nitrogen and oxygen atoms in total. The van der Waals surface area contributed by atoms with Crippen molar-refractivity contribution in [2.45, 2.75) is 36.6 Å². The van der Waals surface area contributed by atoms with E-state index in [0.29, 0.717) is 22.7 Å². The predicted octanol–water partition coefficient (Wildman–Crippen LogP) is 2.77. The zero-order valence-electron chi connectivity index (χ0n) is 12.8. The fourth-order valence-electron chi connectivity index (χ4n) is 3.70. The molecular weight excluding hydrogens is 352 g/mol. The number of sulfone groups is 1. The largest absolute Gasteiger partial charge is 0.362 e. The molecule has 0 spiro atoms. The summed E-state index contributed by atoms with van der Waals surface area (Å²) in [5.74, 6) is 1.59. The van der Waals surface area contributed by atoms with Gasteiger partial charge in [-0.25, -0.2) is 8.42 Å². The first-order valence-corrected chi connectivity index (χ1v) is 10.4. The van der Waals surface area contributed by atoms with Crippen molar-refractivity contribution in [1.29, 1.82) is 0 Å². The first kappa shape index (κ1) is 17.0. The molecule has 0 aliphatic heterocycles. The molecule has 0 unspecified atom stereocenters. The predicted molar refractivity (Wildman–Crippen MR) is 96.5 cm³/mol. The third kappa shape index (κ3) is 4.17. The van der Waals surface area contributed by atoms with Gasteiger partial charge in [-0.15, -0.1) is 0 Å². The third-order valence-corrected chi connectivity index (χ3v) is 7.13. The molecule has 2 bridgehead atoms. The third-order valence-electron chi connectivity index (χ3n) is 4.88. The van der Waals surface area contributed by atoms with E-state index in [-0.39, 0.29) is 10.6 Å². The summed E-state index contributed by atoms with van der Waals surface area (Å²) in [6.07, 6.45) is 5.14. The Labute approximate surface area is 147 Å². The molecule has 1 aromatic rings. The van der Waals surface area contributed by atoms with Gasteiger partial charge in [-0.2, -0.15) is 0 Å². The molecule has 3 atom stereocenters. The van der Waals surface area contributed by atoms with Crippen LogP contribution in [0.25, 0.3) is 0 Å². The van der Waals surface area contributed by atoms with Gasteiger partial charge in [0.2, 0.25) is 0 Å². The molecule has 0 heterocycles. The summed E-state index contributed by atoms with van der Waals surface area (Å²) in [6.45, 7) is 0.303. The Bertz CT molecular complexity index is 676. The fourth-order valence-corrected chi connectivity index (χ4v) is 5.24. The van der Waals surface area contributed by atoms with Crippen molar-refractivity contribution in [2.24, 2.45) is 11.8 Å². The van der Waals surface area contributed by atoms with E-state index in [4.69, 9.17) is 23.8 Å². The molecule has 0 radical (unpaired) electrons. The van der Waals surface area contributed by atoms with Crippen molar-refractivity contribution in [3.63, 3.8) is 0 Å². The summed E-state index contributed by atoms with van der Waals surface area (Å²) in [6, 6.07) is 6.70. The van der Waals surface area contributed by atoms with Gasteiger partial charge in [0, 0.05) is 17.6 Å². The average Bonchev–Trinajstić information content (AvgIpc) is 3.10. The molecule has 2 aliphatic carbocycles. The Morgan fingerprint density at radius 1 is 1.22 bits per heavy atom. The monoisotopic (exact) mass is 372 g/mol. The van der Waals surface area contributed by atoms with E-state index in [1.54, 1.807) is 12.1 Å². The average molecular weight is 373 g/mol. The van der Waals surface area contributed by atoms with Crippen LogP contribution in [0.3, 0.4) is 0 Å². The Kier molecular flexibility index (Phi) is 5.13. The SMILES string of the molecule is O=S(=O)(CCNC(=S)N[C@H]1C[C@H]2CC[C@H]1C2)c1ccc(Cl)cc1. The number of rotatable bonds is 5. The number of nitrogens with one attached hydrogen (secondary N) is 2. The summed E-state index contributed by atoms with van der Waals surface area (Å²) in [7, 11) is -3.32. The molecule has 3 rings (SSSR count). The van der Waals surface area contributed by atoms with Gasteiger partial charge in [0.25, 0.3) is 0 Å². The smallest absolute Gasteiger partial charge is 0.180 e. The number of fused-ring (bicyclic) bond motifs is 2. The Morgan fingerprint density at radius 3 is 2.57 bits per heavy atom. The summed E-state index contributed by atoms with van der Waals surface area (Å²) < 4.78 is 24.5. The van der Waals surface area contributed by atoms with Gasteiger partial charge >= 0.3 is 0 Å². The Morgan fingerprint density at radius 2 is 1.96 bits per heavy atom. The number of benzene rings is 1. The maximum atomic E-state index is 12.2. The van der Waals surface area contributed by atoms with Gasteiger partial charge < -0.3 is 10.6 Å². The van der Waals surface area contributed by atoms with Gasteiger partial charge in [-0.3, -0.25) is 0 Å². The van der Waals surface area contributed by atoms with Crippen LogP contribution in [-0.2, 0) is 9.84 Å². The van der Waals surface area contributed by atoms with Crippen LogP contribution >= 0.6 is 23.8 Å². The molecule has 2 aliphatic rings. The highest BCUT2D eigenvalue weighted by Crippen LogP contribution is 2.44. The summed E-state index contributed by atoms with van der Waals surface area (Å²) in [5, 5.41) is 7.46. The number of halogens is 1. The van der Waals surface area contributed by atoms with Crippen molar-refractivity contribution in [2.75, 3.05) is 12.3 Å². The molecule has 2 saturated carbocycles. The molecule has 23 heavy (non-hydrogen) atoms. The van der Waals surface area contributed by atoms with Crippen LogP contribution in [0.2, 0.25) is 5.02 Å². The van der Waals surface area contributed by atoms with Gasteiger partial charge in [0.05, 0.1) is 10.6 Å². The first-order valence-electron chi connectivity index (χ1n) is 7.97. The zero-order chi connectivity index (χ0) is 16.4. The van der Waals surface area contributed by atoms with Crippen LogP contribution < -0.4 is 10.6 Å². The van der Waals surface area contributed by atoms with Crippen molar-refractivity contribution in [3.8, 4) is 0 Å². The van der Waals surface area contributed by atoms with Crippen LogP contribution in [0.15, 0.2) is 29.2 Å². The molecule has 1 aromatic carbocycles. The van der Waals surface area contributed by atoms with Gasteiger partial charge in [-0.1, -0.05) is 18.0 Å². The quantitative estimate of drug-likeness (QED) is 0.778. The number of hydrogen-bond acceptors (Lipinski definition) is 3. The second kappa shape index (κ2) is 6.95. The highest BCUT2D eigenvalue weighted by molar-refractivity contribution is 7.91. The Hall–Kier alpha value is -0.850. The molecule has 0 aromatic heterocycles. The maximum Gasteiger partial charge on any atom is 0.180 e. The number of hydrogen-bond donors (Lipinski definition) is 2. The molecule has 0 saturated heterocycles. The molecule has 2 fully saturated rings. The van der Waals surface area contributed by atoms with E-state index >= 15 is 0 Å². The topological polar surface area (TPSA) is 58.2 Å². The van der Waals surface area contributed by atoms with Crippen molar-refractivity contribution < 1.29 is 8.42 Å².